The summed E-state index contributed by atoms with van der Waals surface area (Å²) in [4.78, 5) is 4.78. The minimum atomic E-state index is 1.21. The predicted molar refractivity (Wildman–Crippen MR) is 94.4 cm³/mol. The molecule has 0 aromatic heterocycles. The second-order valence-corrected chi connectivity index (χ2v) is 6.58. The van der Waals surface area contributed by atoms with Crippen molar-refractivity contribution in [3.05, 3.63) is 53.6 Å². The molecule has 0 N–H and O–H groups in total. The Bertz CT molecular complexity index is 654. The molecule has 0 bridgehead atoms. The molecule has 0 radical (unpaired) electrons. The van der Waals surface area contributed by atoms with Gasteiger partial charge in [0.2, 0.25) is 0 Å². The molecule has 22 heavy (non-hydrogen) atoms. The molecule has 1 aliphatic heterocycles. The van der Waals surface area contributed by atoms with Crippen molar-refractivity contribution in [2.24, 2.45) is 0 Å². The molecule has 1 heterocycles. The summed E-state index contributed by atoms with van der Waals surface area (Å²) in [6.07, 6.45) is 6.47. The van der Waals surface area contributed by atoms with Crippen LogP contribution in [0.1, 0.15) is 30.4 Å². The van der Waals surface area contributed by atoms with E-state index >= 15 is 0 Å². The van der Waals surface area contributed by atoms with E-state index in [2.05, 4.69) is 59.3 Å². The fourth-order valence-electron chi connectivity index (χ4n) is 3.78. The van der Waals surface area contributed by atoms with Gasteiger partial charge in [-0.25, -0.2) is 0 Å². The van der Waals surface area contributed by atoms with Crippen LogP contribution >= 0.6 is 0 Å². The molecule has 0 atom stereocenters. The van der Waals surface area contributed by atoms with Crippen LogP contribution in [0.4, 0.5) is 17.1 Å². The molecule has 1 saturated heterocycles. The summed E-state index contributed by atoms with van der Waals surface area (Å²) in [5, 5.41) is 0. The number of nitrogens with zero attached hydrogens (tertiary/aromatic N) is 2. The Kier molecular flexibility index (Phi) is 3.53. The molecular formula is C20H24N2. The van der Waals surface area contributed by atoms with E-state index in [0.29, 0.717) is 0 Å². The van der Waals surface area contributed by atoms with Crippen LogP contribution in [0.2, 0.25) is 0 Å². The standard InChI is InChI=1S/C20H24N2/c1-21(20-8-7-16-5-4-6-17(16)15-20)18-9-11-19(12-10-18)22-13-2-3-14-22/h7-12,15H,2-6,13-14H2,1H3. The van der Waals surface area contributed by atoms with Crippen molar-refractivity contribution >= 4 is 17.1 Å². The highest BCUT2D eigenvalue weighted by Crippen LogP contribution is 2.31. The van der Waals surface area contributed by atoms with Gasteiger partial charge < -0.3 is 9.80 Å². The van der Waals surface area contributed by atoms with Crippen LogP contribution < -0.4 is 9.80 Å². The van der Waals surface area contributed by atoms with E-state index in [1.54, 1.807) is 5.56 Å². The first-order chi connectivity index (χ1) is 10.8. The van der Waals surface area contributed by atoms with Gasteiger partial charge in [-0.05, 0) is 79.6 Å². The Balaban J connectivity index is 1.55. The van der Waals surface area contributed by atoms with Crippen LogP contribution in [0, 0.1) is 0 Å². The lowest BCUT2D eigenvalue weighted by atomic mass is 10.1. The fourth-order valence-corrected chi connectivity index (χ4v) is 3.78. The van der Waals surface area contributed by atoms with Crippen LogP contribution in [-0.4, -0.2) is 20.1 Å². The Morgan fingerprint density at radius 1 is 0.773 bits per heavy atom. The van der Waals surface area contributed by atoms with Gasteiger partial charge in [0, 0.05) is 37.2 Å². The zero-order chi connectivity index (χ0) is 14.9. The number of rotatable bonds is 3. The zero-order valence-corrected chi connectivity index (χ0v) is 13.4. The van der Waals surface area contributed by atoms with Gasteiger partial charge in [-0.1, -0.05) is 6.07 Å². The molecule has 1 aliphatic carbocycles. The molecule has 0 unspecified atom stereocenters. The molecule has 2 aromatic carbocycles. The SMILES string of the molecule is CN(c1ccc(N2CCCC2)cc1)c1ccc2c(c1)CCC2. The van der Waals surface area contributed by atoms with Gasteiger partial charge in [-0.2, -0.15) is 0 Å². The van der Waals surface area contributed by atoms with Gasteiger partial charge in [0.05, 0.1) is 0 Å². The molecule has 0 amide bonds. The number of hydrogen-bond acceptors (Lipinski definition) is 2. The van der Waals surface area contributed by atoms with Crippen molar-refractivity contribution in [1.29, 1.82) is 0 Å². The van der Waals surface area contributed by atoms with Crippen LogP contribution in [0.25, 0.3) is 0 Å². The van der Waals surface area contributed by atoms with Crippen molar-refractivity contribution in [3.63, 3.8) is 0 Å². The summed E-state index contributed by atoms with van der Waals surface area (Å²) < 4.78 is 0. The van der Waals surface area contributed by atoms with E-state index in [4.69, 9.17) is 0 Å². The molecule has 2 heteroatoms. The summed E-state index contributed by atoms with van der Waals surface area (Å²) in [6.45, 7) is 2.42. The van der Waals surface area contributed by atoms with Gasteiger partial charge in [0.15, 0.2) is 0 Å². The highest BCUT2D eigenvalue weighted by atomic mass is 15.1. The third-order valence-corrected chi connectivity index (χ3v) is 5.18. The lowest BCUT2D eigenvalue weighted by Crippen LogP contribution is -2.17. The quantitative estimate of drug-likeness (QED) is 0.819. The second kappa shape index (κ2) is 5.68. The first kappa shape index (κ1) is 13.7. The number of benzene rings is 2. The Morgan fingerprint density at radius 3 is 2.23 bits per heavy atom. The maximum absolute atomic E-state index is 2.49. The number of fused-ring (bicyclic) bond motifs is 1. The van der Waals surface area contributed by atoms with Crippen molar-refractivity contribution in [2.75, 3.05) is 29.9 Å². The Morgan fingerprint density at radius 2 is 1.45 bits per heavy atom. The van der Waals surface area contributed by atoms with E-state index in [9.17, 15) is 0 Å². The summed E-state index contributed by atoms with van der Waals surface area (Å²) in [5.41, 5.74) is 7.01. The van der Waals surface area contributed by atoms with Gasteiger partial charge in [0.1, 0.15) is 0 Å². The van der Waals surface area contributed by atoms with E-state index in [-0.39, 0.29) is 0 Å². The van der Waals surface area contributed by atoms with E-state index in [1.165, 1.54) is 67.8 Å². The van der Waals surface area contributed by atoms with Crippen LogP contribution in [0.5, 0.6) is 0 Å². The smallest absolute Gasteiger partial charge is 0.0411 e. The summed E-state index contributed by atoms with van der Waals surface area (Å²) in [6, 6.07) is 16.0. The minimum Gasteiger partial charge on any atom is -0.372 e. The van der Waals surface area contributed by atoms with Gasteiger partial charge in [-0.15, -0.1) is 0 Å². The third kappa shape index (κ3) is 2.47. The number of aryl methyl sites for hydroxylation is 2. The molecule has 0 saturated carbocycles. The maximum atomic E-state index is 2.49. The molecular weight excluding hydrogens is 268 g/mol. The predicted octanol–water partition coefficient (Wildman–Crippen LogP) is 4.54. The van der Waals surface area contributed by atoms with E-state index < -0.39 is 0 Å². The summed E-state index contributed by atoms with van der Waals surface area (Å²) in [7, 11) is 2.17. The Labute approximate surface area is 133 Å². The second-order valence-electron chi connectivity index (χ2n) is 6.58. The van der Waals surface area contributed by atoms with E-state index in [1.807, 2.05) is 0 Å². The monoisotopic (exact) mass is 292 g/mol. The molecule has 1 fully saturated rings. The van der Waals surface area contributed by atoms with Crippen LogP contribution in [0.15, 0.2) is 42.5 Å². The van der Waals surface area contributed by atoms with Gasteiger partial charge in [-0.3, -0.25) is 0 Å². The molecule has 2 nitrogen and oxygen atoms in total. The molecule has 2 aliphatic rings. The first-order valence-electron chi connectivity index (χ1n) is 8.52. The number of hydrogen-bond donors (Lipinski definition) is 0. The van der Waals surface area contributed by atoms with Crippen molar-refractivity contribution in [3.8, 4) is 0 Å². The van der Waals surface area contributed by atoms with Crippen molar-refractivity contribution in [2.45, 2.75) is 32.1 Å². The molecule has 2 aromatic rings. The molecule has 114 valence electrons. The average Bonchev–Trinajstić information content (AvgIpc) is 3.25. The lowest BCUT2D eigenvalue weighted by molar-refractivity contribution is 0.911. The highest BCUT2D eigenvalue weighted by molar-refractivity contribution is 5.66. The first-order valence-corrected chi connectivity index (χ1v) is 8.52. The molecule has 0 spiro atoms. The largest absolute Gasteiger partial charge is 0.372 e. The maximum Gasteiger partial charge on any atom is 0.0411 e. The third-order valence-electron chi connectivity index (χ3n) is 5.18. The topological polar surface area (TPSA) is 6.48 Å². The van der Waals surface area contributed by atoms with Crippen molar-refractivity contribution in [1.82, 2.24) is 0 Å². The van der Waals surface area contributed by atoms with Gasteiger partial charge in [0.25, 0.3) is 0 Å². The van der Waals surface area contributed by atoms with Gasteiger partial charge >= 0.3 is 0 Å². The van der Waals surface area contributed by atoms with Crippen LogP contribution in [0.3, 0.4) is 0 Å². The molecule has 4 rings (SSSR count). The minimum absolute atomic E-state index is 1.21. The fraction of sp³-hybridized carbons (Fsp3) is 0.400. The zero-order valence-electron chi connectivity index (χ0n) is 13.4. The normalized spacial score (nSPS) is 16.9. The van der Waals surface area contributed by atoms with E-state index in [0.717, 1.165) is 0 Å². The van der Waals surface area contributed by atoms with Crippen molar-refractivity contribution < 1.29 is 0 Å². The highest BCUT2D eigenvalue weighted by Gasteiger charge is 2.14. The Hall–Kier alpha value is -1.96. The lowest BCUT2D eigenvalue weighted by Gasteiger charge is -2.23. The van der Waals surface area contributed by atoms with Crippen LogP contribution in [-0.2, 0) is 12.8 Å². The summed E-state index contributed by atoms with van der Waals surface area (Å²) in [5.74, 6) is 0. The summed E-state index contributed by atoms with van der Waals surface area (Å²) >= 11 is 0. The average molecular weight is 292 g/mol. The number of anilines is 3.